The lowest BCUT2D eigenvalue weighted by atomic mass is 9.66. The fourth-order valence-electron chi connectivity index (χ4n) is 6.97. The minimum absolute atomic E-state index is 0.0203. The third-order valence-corrected chi connectivity index (χ3v) is 9.74. The summed E-state index contributed by atoms with van der Waals surface area (Å²) >= 11 is 0. The van der Waals surface area contributed by atoms with Gasteiger partial charge in [0, 0.05) is 49.3 Å². The summed E-state index contributed by atoms with van der Waals surface area (Å²) in [4.78, 5) is 44.1. The number of carbonyl (C=O) groups excluding carboxylic acids is 3. The second kappa shape index (κ2) is 11.4. The maximum atomic E-state index is 14.3. The van der Waals surface area contributed by atoms with Gasteiger partial charge < -0.3 is 31.1 Å². The highest BCUT2D eigenvalue weighted by atomic mass is 16.3. The molecule has 0 bridgehead atoms. The van der Waals surface area contributed by atoms with Crippen molar-refractivity contribution in [2.45, 2.75) is 52.2 Å². The van der Waals surface area contributed by atoms with Crippen molar-refractivity contribution in [1.29, 1.82) is 0 Å². The molecule has 5 rings (SSSR count). The number of ketones is 2. The number of nitrogens with zero attached hydrogens (tertiary/aromatic N) is 2. The van der Waals surface area contributed by atoms with Gasteiger partial charge in [-0.1, -0.05) is 45.0 Å². The Morgan fingerprint density at radius 2 is 1.68 bits per heavy atom. The van der Waals surface area contributed by atoms with Crippen LogP contribution in [0.4, 0.5) is 5.69 Å². The van der Waals surface area contributed by atoms with Gasteiger partial charge >= 0.3 is 0 Å². The Hall–Kier alpha value is -4.15. The highest BCUT2D eigenvalue weighted by Crippen LogP contribution is 2.48. The molecule has 10 heteroatoms. The number of primary amides is 1. The number of benzene rings is 2. The van der Waals surface area contributed by atoms with E-state index < -0.39 is 57.9 Å². The molecular weight excluding hydrogens is 562 g/mol. The van der Waals surface area contributed by atoms with E-state index in [4.69, 9.17) is 5.73 Å². The van der Waals surface area contributed by atoms with Gasteiger partial charge in [0.05, 0.1) is 5.56 Å². The number of fused-ring (bicyclic) bond motifs is 1. The van der Waals surface area contributed by atoms with Gasteiger partial charge in [-0.25, -0.2) is 0 Å². The first-order valence-corrected chi connectivity index (χ1v) is 15.1. The van der Waals surface area contributed by atoms with Crippen LogP contribution in [0.1, 0.15) is 55.1 Å². The highest BCUT2D eigenvalue weighted by Gasteiger charge is 2.57. The molecular formula is C34H41N3O7. The number of carbonyl (C=O) groups is 3. The van der Waals surface area contributed by atoms with Crippen molar-refractivity contribution in [2.24, 2.45) is 23.5 Å². The fourth-order valence-corrected chi connectivity index (χ4v) is 6.97. The number of aliphatic hydroxyl groups excluding tert-OH is 2. The molecule has 10 nitrogen and oxygen atoms in total. The van der Waals surface area contributed by atoms with Gasteiger partial charge in [0.1, 0.15) is 22.8 Å². The highest BCUT2D eigenvalue weighted by molar-refractivity contribution is 6.24. The fraction of sp³-hybridized carbons (Fsp3) is 0.441. The van der Waals surface area contributed by atoms with Crippen molar-refractivity contribution >= 4 is 23.2 Å². The lowest BCUT2D eigenvalue weighted by Crippen LogP contribution is -2.55. The molecule has 1 saturated heterocycles. The molecule has 0 aromatic heterocycles. The van der Waals surface area contributed by atoms with Crippen LogP contribution in [-0.2, 0) is 22.6 Å². The molecule has 1 aliphatic heterocycles. The molecule has 0 spiro atoms. The van der Waals surface area contributed by atoms with E-state index in [1.807, 2.05) is 49.3 Å². The largest absolute Gasteiger partial charge is 0.511 e. The van der Waals surface area contributed by atoms with E-state index >= 15 is 0 Å². The predicted molar refractivity (Wildman–Crippen MR) is 166 cm³/mol. The molecule has 44 heavy (non-hydrogen) atoms. The third kappa shape index (κ3) is 4.86. The van der Waals surface area contributed by atoms with E-state index in [-0.39, 0.29) is 23.3 Å². The number of aliphatic hydroxyl groups is 3. The quantitative estimate of drug-likeness (QED) is 0.188. The molecule has 1 heterocycles. The molecule has 1 fully saturated rings. The number of phenolic OH excluding ortho intramolecular Hbond substituents is 1. The van der Waals surface area contributed by atoms with E-state index in [0.717, 1.165) is 25.2 Å². The second-order valence-electron chi connectivity index (χ2n) is 12.7. The second-order valence-corrected chi connectivity index (χ2v) is 12.7. The number of allylic oxidation sites excluding steroid dienone is 2. The molecule has 3 aliphatic rings. The van der Waals surface area contributed by atoms with Gasteiger partial charge in [-0.3, -0.25) is 19.3 Å². The van der Waals surface area contributed by atoms with Crippen molar-refractivity contribution in [3.05, 3.63) is 69.7 Å². The molecule has 2 aromatic rings. The maximum absolute atomic E-state index is 14.3. The molecule has 0 unspecified atom stereocenters. The van der Waals surface area contributed by atoms with Crippen LogP contribution in [-0.4, -0.2) is 75.6 Å². The number of Topliss-reactive ketones (excluding diaryl/α,β-unsaturated/α-hetero) is 2. The molecule has 1 amide bonds. The van der Waals surface area contributed by atoms with E-state index in [2.05, 4.69) is 4.90 Å². The van der Waals surface area contributed by atoms with E-state index in [0.29, 0.717) is 22.4 Å². The van der Waals surface area contributed by atoms with Gasteiger partial charge in [-0.15, -0.1) is 0 Å². The summed E-state index contributed by atoms with van der Waals surface area (Å²) < 4.78 is 0. The van der Waals surface area contributed by atoms with Gasteiger partial charge in [0.25, 0.3) is 5.91 Å². The number of nitrogens with two attached hydrogens (primary N) is 1. The van der Waals surface area contributed by atoms with Gasteiger partial charge in [0.2, 0.25) is 5.78 Å². The number of aromatic hydroxyl groups is 1. The maximum Gasteiger partial charge on any atom is 0.255 e. The standard InChI is InChI=1S/C34H41N3O7/c1-17-14-23-24(36(4)5)15-22(21-10-8-20(9-11-21)16-37-12-6-7-13-37)29(39)26(23)30(40)25(17)31(41)34(44)19(3)18(2)28(38)27(32(34)42)33(35)43/h8-11,15,17-19,38-39,41,44H,6-7,12-14,16H2,1-5H3,(H2,35,43)/b31-25-/t17-,18-,19+,34+/m1/s1. The van der Waals surface area contributed by atoms with Crippen LogP contribution in [0.25, 0.3) is 11.1 Å². The van der Waals surface area contributed by atoms with Crippen LogP contribution in [0.5, 0.6) is 5.75 Å². The number of anilines is 1. The number of hydrogen-bond acceptors (Lipinski definition) is 9. The van der Waals surface area contributed by atoms with Crippen LogP contribution in [0.3, 0.4) is 0 Å². The zero-order chi connectivity index (χ0) is 32.2. The lowest BCUT2D eigenvalue weighted by Gasteiger charge is -2.41. The number of hydrogen-bond donors (Lipinski definition) is 5. The Morgan fingerprint density at radius 3 is 2.25 bits per heavy atom. The van der Waals surface area contributed by atoms with Crippen LogP contribution in [0.2, 0.25) is 0 Å². The Morgan fingerprint density at radius 1 is 1.07 bits per heavy atom. The summed E-state index contributed by atoms with van der Waals surface area (Å²) in [5, 5.41) is 45.5. The third-order valence-electron chi connectivity index (χ3n) is 9.74. The van der Waals surface area contributed by atoms with E-state index in [1.165, 1.54) is 26.7 Å². The number of rotatable bonds is 6. The summed E-state index contributed by atoms with van der Waals surface area (Å²) in [5.74, 6) is -7.70. The normalized spacial score (nSPS) is 27.0. The minimum atomic E-state index is -2.70. The van der Waals surface area contributed by atoms with Crippen LogP contribution in [0, 0.1) is 17.8 Å². The summed E-state index contributed by atoms with van der Waals surface area (Å²) in [6, 6.07) is 9.68. The summed E-state index contributed by atoms with van der Waals surface area (Å²) in [6.07, 6.45) is 2.61. The van der Waals surface area contributed by atoms with Crippen LogP contribution >= 0.6 is 0 Å². The monoisotopic (exact) mass is 603 g/mol. The zero-order valence-corrected chi connectivity index (χ0v) is 25.8. The molecule has 234 valence electrons. The van der Waals surface area contributed by atoms with Crippen molar-refractivity contribution in [3.63, 3.8) is 0 Å². The van der Waals surface area contributed by atoms with Crippen molar-refractivity contribution < 1.29 is 34.8 Å². The summed E-state index contributed by atoms with van der Waals surface area (Å²) in [6.45, 7) is 7.59. The Labute approximate surface area is 257 Å². The van der Waals surface area contributed by atoms with Gasteiger partial charge in [0.15, 0.2) is 11.4 Å². The summed E-state index contributed by atoms with van der Waals surface area (Å²) in [7, 11) is 3.68. The Kier molecular flexibility index (Phi) is 8.11. The van der Waals surface area contributed by atoms with Crippen molar-refractivity contribution in [3.8, 4) is 16.9 Å². The molecule has 0 saturated carbocycles. The van der Waals surface area contributed by atoms with Crippen molar-refractivity contribution in [1.82, 2.24) is 4.90 Å². The first kappa shape index (κ1) is 31.3. The average molecular weight is 604 g/mol. The van der Waals surface area contributed by atoms with Gasteiger partial charge in [-0.05, 0) is 61.0 Å². The number of phenols is 1. The SMILES string of the molecule is C[C@@H]1Cc2c(N(C)C)cc(-c3ccc(CN4CCCC4)cc3)c(O)c2C(=O)/C1=C(\O)[C@]1(O)C(=O)C(C(N)=O)=C(O)[C@H](C)[C@@H]1C. The van der Waals surface area contributed by atoms with Crippen molar-refractivity contribution in [2.75, 3.05) is 32.1 Å². The zero-order valence-electron chi connectivity index (χ0n) is 25.8. The average Bonchev–Trinajstić information content (AvgIpc) is 3.48. The topological polar surface area (TPSA) is 165 Å². The molecule has 2 aliphatic carbocycles. The minimum Gasteiger partial charge on any atom is -0.511 e. The van der Waals surface area contributed by atoms with E-state index in [1.54, 1.807) is 6.92 Å². The Balaban J connectivity index is 1.63. The molecule has 2 aromatic carbocycles. The van der Waals surface area contributed by atoms with Crippen LogP contribution in [0.15, 0.2) is 53.0 Å². The van der Waals surface area contributed by atoms with E-state index in [9.17, 15) is 34.8 Å². The number of amides is 1. The Bertz CT molecular complexity index is 1600. The smallest absolute Gasteiger partial charge is 0.255 e. The first-order valence-electron chi connectivity index (χ1n) is 15.1. The van der Waals surface area contributed by atoms with Crippen LogP contribution < -0.4 is 10.6 Å². The molecule has 0 radical (unpaired) electrons. The first-order chi connectivity index (χ1) is 20.7. The summed E-state index contributed by atoms with van der Waals surface area (Å²) in [5.41, 5.74) is 5.17. The van der Waals surface area contributed by atoms with Gasteiger partial charge in [-0.2, -0.15) is 0 Å². The molecule has 6 N–H and O–H groups in total. The number of likely N-dealkylation sites (tertiary alicyclic amines) is 1. The predicted octanol–water partition coefficient (Wildman–Crippen LogP) is 3.79. The lowest BCUT2D eigenvalue weighted by molar-refractivity contribution is -0.143. The molecule has 4 atom stereocenters.